The first-order valence-corrected chi connectivity index (χ1v) is 11.2. The Kier molecular flexibility index (Phi) is 12.5. The molecule has 4 atom stereocenters. The number of benzene rings is 1. The summed E-state index contributed by atoms with van der Waals surface area (Å²) in [5.41, 5.74) is 6.51. The number of hydrogen-bond donors (Lipinski definition) is 2. The molecule has 0 aliphatic carbocycles. The van der Waals surface area contributed by atoms with Gasteiger partial charge >= 0.3 is 11.9 Å². The molecule has 0 radical (unpaired) electrons. The summed E-state index contributed by atoms with van der Waals surface area (Å²) in [4.78, 5) is 36.7. The third-order valence-electron chi connectivity index (χ3n) is 5.25. The summed E-state index contributed by atoms with van der Waals surface area (Å²) in [6.45, 7) is 7.28. The number of carbonyl (C=O) groups excluding carboxylic acids is 3. The molecule has 7 heteroatoms. The zero-order valence-electron chi connectivity index (χ0n) is 19.3. The van der Waals surface area contributed by atoms with Gasteiger partial charge in [-0.2, -0.15) is 0 Å². The first-order chi connectivity index (χ1) is 14.8. The third kappa shape index (κ3) is 10.4. The van der Waals surface area contributed by atoms with E-state index in [0.29, 0.717) is 0 Å². The minimum Gasteiger partial charge on any atom is -0.460 e. The van der Waals surface area contributed by atoms with Crippen molar-refractivity contribution in [1.29, 1.82) is 0 Å². The number of rotatable bonds is 14. The normalized spacial score (nSPS) is 14.7. The first-order valence-electron chi connectivity index (χ1n) is 11.2. The first kappa shape index (κ1) is 26.6. The molecule has 3 N–H and O–H groups in total. The predicted molar refractivity (Wildman–Crippen MR) is 120 cm³/mol. The highest BCUT2D eigenvalue weighted by Gasteiger charge is 2.32. The minimum absolute atomic E-state index is 0.00895. The summed E-state index contributed by atoms with van der Waals surface area (Å²) in [6.07, 6.45) is 4.62. The van der Waals surface area contributed by atoms with Gasteiger partial charge in [0.25, 0.3) is 0 Å². The number of unbranched alkanes of at least 4 members (excludes halogenated alkanes) is 3. The van der Waals surface area contributed by atoms with Crippen LogP contribution in [0.4, 0.5) is 0 Å². The molecule has 0 unspecified atom stereocenters. The lowest BCUT2D eigenvalue weighted by atomic mass is 9.88. The lowest BCUT2D eigenvalue weighted by Crippen LogP contribution is -2.44. The molecule has 31 heavy (non-hydrogen) atoms. The third-order valence-corrected chi connectivity index (χ3v) is 5.25. The van der Waals surface area contributed by atoms with E-state index < -0.39 is 30.0 Å². The largest absolute Gasteiger partial charge is 0.460 e. The molecule has 0 heterocycles. The molecule has 0 fully saturated rings. The second kappa shape index (κ2) is 14.6. The molecule has 0 saturated carbocycles. The van der Waals surface area contributed by atoms with Crippen LogP contribution in [-0.2, 0) is 30.5 Å². The molecule has 1 aromatic rings. The van der Waals surface area contributed by atoms with Crippen molar-refractivity contribution in [3.63, 3.8) is 0 Å². The second-order valence-corrected chi connectivity index (χ2v) is 8.17. The summed E-state index contributed by atoms with van der Waals surface area (Å²) in [5, 5.41) is 2.60. The van der Waals surface area contributed by atoms with Crippen LogP contribution in [0.25, 0.3) is 0 Å². The highest BCUT2D eigenvalue weighted by molar-refractivity contribution is 5.84. The Hall–Kier alpha value is -2.41. The maximum Gasteiger partial charge on any atom is 0.325 e. The molecular weight excluding hydrogens is 396 g/mol. The van der Waals surface area contributed by atoms with Crippen molar-refractivity contribution < 1.29 is 23.9 Å². The maximum absolute atomic E-state index is 12.7. The Balaban J connectivity index is 2.60. The number of ether oxygens (including phenoxy) is 2. The minimum atomic E-state index is -0.766. The Labute approximate surface area is 186 Å². The topological polar surface area (TPSA) is 108 Å². The van der Waals surface area contributed by atoms with Gasteiger partial charge in [0.1, 0.15) is 25.3 Å². The molecule has 1 aromatic carbocycles. The van der Waals surface area contributed by atoms with Crippen LogP contribution in [0.2, 0.25) is 0 Å². The number of nitrogens with one attached hydrogen (secondary N) is 1. The average molecular weight is 435 g/mol. The molecule has 1 amide bonds. The van der Waals surface area contributed by atoms with Crippen LogP contribution in [0.1, 0.15) is 65.4 Å². The SMILES string of the molecule is CCCCCC[C@H](C)[C@@H](OC(=O)[C@H](C)N)[C@@H](C)C(=O)NCC(=O)OCc1ccccc1. The lowest BCUT2D eigenvalue weighted by Gasteiger charge is -2.29. The van der Waals surface area contributed by atoms with E-state index in [9.17, 15) is 14.4 Å². The van der Waals surface area contributed by atoms with E-state index in [0.717, 1.165) is 37.7 Å². The van der Waals surface area contributed by atoms with Gasteiger partial charge in [0.05, 0.1) is 5.92 Å². The molecule has 0 spiro atoms. The van der Waals surface area contributed by atoms with Crippen LogP contribution in [0.5, 0.6) is 0 Å². The Morgan fingerprint density at radius 1 is 1.03 bits per heavy atom. The Bertz CT molecular complexity index is 678. The summed E-state index contributed by atoms with van der Waals surface area (Å²) < 4.78 is 10.8. The summed E-state index contributed by atoms with van der Waals surface area (Å²) >= 11 is 0. The fourth-order valence-electron chi connectivity index (χ4n) is 3.27. The van der Waals surface area contributed by atoms with E-state index in [1.54, 1.807) is 13.8 Å². The van der Waals surface area contributed by atoms with Gasteiger partial charge in [0, 0.05) is 0 Å². The maximum atomic E-state index is 12.7. The molecule has 1 rings (SSSR count). The fourth-order valence-corrected chi connectivity index (χ4v) is 3.27. The van der Waals surface area contributed by atoms with Crippen molar-refractivity contribution >= 4 is 17.8 Å². The molecule has 0 bridgehead atoms. The monoisotopic (exact) mass is 434 g/mol. The summed E-state index contributed by atoms with van der Waals surface area (Å²) in [7, 11) is 0. The van der Waals surface area contributed by atoms with Crippen LogP contribution >= 0.6 is 0 Å². The quantitative estimate of drug-likeness (QED) is 0.343. The fraction of sp³-hybridized carbons (Fsp3) is 0.625. The van der Waals surface area contributed by atoms with Gasteiger partial charge in [-0.25, -0.2) is 0 Å². The molecule has 0 aromatic heterocycles. The van der Waals surface area contributed by atoms with E-state index >= 15 is 0 Å². The van der Waals surface area contributed by atoms with Gasteiger partial charge in [-0.15, -0.1) is 0 Å². The van der Waals surface area contributed by atoms with Crippen molar-refractivity contribution in [2.45, 2.75) is 78.6 Å². The molecule has 0 aliphatic heterocycles. The van der Waals surface area contributed by atoms with Gasteiger partial charge in [-0.05, 0) is 24.8 Å². The highest BCUT2D eigenvalue weighted by Crippen LogP contribution is 2.23. The van der Waals surface area contributed by atoms with Crippen LogP contribution < -0.4 is 11.1 Å². The number of carbonyl (C=O) groups is 3. The molecular formula is C24H38N2O5. The van der Waals surface area contributed by atoms with Crippen LogP contribution in [0.3, 0.4) is 0 Å². The van der Waals surface area contributed by atoms with Crippen molar-refractivity contribution in [1.82, 2.24) is 5.32 Å². The van der Waals surface area contributed by atoms with Crippen molar-refractivity contribution in [3.8, 4) is 0 Å². The summed E-state index contributed by atoms with van der Waals surface area (Å²) in [6, 6.07) is 8.55. The van der Waals surface area contributed by atoms with Gasteiger partial charge in [0.2, 0.25) is 5.91 Å². The van der Waals surface area contributed by atoms with Gasteiger partial charge in [0.15, 0.2) is 0 Å². The van der Waals surface area contributed by atoms with Gasteiger partial charge in [-0.3, -0.25) is 14.4 Å². The Morgan fingerprint density at radius 2 is 1.71 bits per heavy atom. The van der Waals surface area contributed by atoms with E-state index in [1.165, 1.54) is 0 Å². The van der Waals surface area contributed by atoms with Crippen molar-refractivity contribution in [2.24, 2.45) is 17.6 Å². The van der Waals surface area contributed by atoms with Gasteiger partial charge < -0.3 is 20.5 Å². The van der Waals surface area contributed by atoms with E-state index in [2.05, 4.69) is 12.2 Å². The van der Waals surface area contributed by atoms with E-state index in [1.807, 2.05) is 37.3 Å². The number of esters is 2. The molecule has 7 nitrogen and oxygen atoms in total. The van der Waals surface area contributed by atoms with Crippen LogP contribution in [-0.4, -0.2) is 36.5 Å². The van der Waals surface area contributed by atoms with Crippen molar-refractivity contribution in [2.75, 3.05) is 6.54 Å². The highest BCUT2D eigenvalue weighted by atomic mass is 16.5. The summed E-state index contributed by atoms with van der Waals surface area (Å²) in [5.74, 6) is -2.05. The zero-order valence-corrected chi connectivity index (χ0v) is 19.3. The Morgan fingerprint density at radius 3 is 2.32 bits per heavy atom. The standard InChI is InChI=1S/C24H38N2O5/c1-5-6-7-9-12-17(2)22(31-24(29)19(4)25)18(3)23(28)26-15-21(27)30-16-20-13-10-8-11-14-20/h8,10-11,13-14,17-19,22H,5-7,9,12,15-16,25H2,1-4H3,(H,26,28)/t17-,18+,19-,22+/m0/s1. The lowest BCUT2D eigenvalue weighted by molar-refractivity contribution is -0.159. The average Bonchev–Trinajstić information content (AvgIpc) is 2.77. The number of nitrogens with two attached hydrogens (primary N) is 1. The number of amides is 1. The van der Waals surface area contributed by atoms with Crippen LogP contribution in [0.15, 0.2) is 30.3 Å². The zero-order chi connectivity index (χ0) is 23.2. The molecule has 0 aliphatic rings. The predicted octanol–water partition coefficient (Wildman–Crippen LogP) is 3.35. The molecule has 0 saturated heterocycles. The van der Waals surface area contributed by atoms with Gasteiger partial charge in [-0.1, -0.05) is 76.8 Å². The van der Waals surface area contributed by atoms with E-state index in [-0.39, 0.29) is 25.0 Å². The van der Waals surface area contributed by atoms with Crippen molar-refractivity contribution in [3.05, 3.63) is 35.9 Å². The van der Waals surface area contributed by atoms with E-state index in [4.69, 9.17) is 15.2 Å². The van der Waals surface area contributed by atoms with Crippen LogP contribution in [0, 0.1) is 11.8 Å². The number of hydrogen-bond acceptors (Lipinski definition) is 6. The second-order valence-electron chi connectivity index (χ2n) is 8.17. The smallest absolute Gasteiger partial charge is 0.325 e. The molecule has 174 valence electrons.